The summed E-state index contributed by atoms with van der Waals surface area (Å²) in [6, 6.07) is 3.63. The van der Waals surface area contributed by atoms with Crippen LogP contribution >= 0.6 is 0 Å². The predicted octanol–water partition coefficient (Wildman–Crippen LogP) is 2.31. The number of fused-ring (bicyclic) bond motifs is 1. The van der Waals surface area contributed by atoms with E-state index >= 15 is 0 Å². The average Bonchev–Trinajstić information content (AvgIpc) is 3.46. The zero-order chi connectivity index (χ0) is 24.7. The molecule has 0 aliphatic heterocycles. The van der Waals surface area contributed by atoms with Gasteiger partial charge in [-0.1, -0.05) is 0 Å². The molecule has 13 heteroatoms. The quantitative estimate of drug-likeness (QED) is 0.329. The van der Waals surface area contributed by atoms with E-state index in [1.165, 1.54) is 12.4 Å². The number of nitrogens with two attached hydrogens (primary N) is 1. The summed E-state index contributed by atoms with van der Waals surface area (Å²) < 4.78 is 33.2. The van der Waals surface area contributed by atoms with E-state index in [0.29, 0.717) is 66.1 Å². The minimum atomic E-state index is -3.48. The summed E-state index contributed by atoms with van der Waals surface area (Å²) in [6.45, 7) is 5.26. The summed E-state index contributed by atoms with van der Waals surface area (Å²) in [5.41, 5.74) is 9.17. The normalized spacial score (nSPS) is 14.2. The van der Waals surface area contributed by atoms with Gasteiger partial charge >= 0.3 is 0 Å². The Hall–Kier alpha value is -3.58. The first kappa shape index (κ1) is 23.2. The van der Waals surface area contributed by atoms with Crippen molar-refractivity contribution in [1.82, 2.24) is 33.7 Å². The molecule has 0 aromatic carbocycles. The van der Waals surface area contributed by atoms with E-state index in [1.807, 2.05) is 0 Å². The SMILES string of the molecule is COCCNc1nc2c(-c3ccnc(-c4cnn(S(=O)(=O)C5CC5)c4)n3)nc(N)cc2n1C(C)C. The summed E-state index contributed by atoms with van der Waals surface area (Å²) >= 11 is 0. The van der Waals surface area contributed by atoms with Crippen LogP contribution in [0.15, 0.2) is 30.7 Å². The second-order valence-corrected chi connectivity index (χ2v) is 10.8. The third-order valence-electron chi connectivity index (χ3n) is 5.73. The second-order valence-electron chi connectivity index (χ2n) is 8.69. The number of nitrogen functional groups attached to an aromatic ring is 1. The van der Waals surface area contributed by atoms with E-state index in [-0.39, 0.29) is 11.3 Å². The number of hydrogen-bond donors (Lipinski definition) is 2. The van der Waals surface area contributed by atoms with E-state index < -0.39 is 10.0 Å². The molecular formula is C22H27N9O3S. The van der Waals surface area contributed by atoms with Crippen LogP contribution in [0, 0.1) is 0 Å². The van der Waals surface area contributed by atoms with E-state index in [2.05, 4.69) is 43.8 Å². The molecule has 5 rings (SSSR count). The van der Waals surface area contributed by atoms with Crippen molar-refractivity contribution in [1.29, 1.82) is 0 Å². The van der Waals surface area contributed by atoms with Gasteiger partial charge in [-0.25, -0.2) is 28.4 Å². The van der Waals surface area contributed by atoms with Crippen LogP contribution in [0.3, 0.4) is 0 Å². The van der Waals surface area contributed by atoms with Crippen LogP contribution in [0.25, 0.3) is 33.8 Å². The highest BCUT2D eigenvalue weighted by atomic mass is 32.2. The number of aromatic nitrogens is 7. The molecule has 12 nitrogen and oxygen atoms in total. The third kappa shape index (κ3) is 4.32. The molecule has 1 fully saturated rings. The number of methoxy groups -OCH3 is 1. The van der Waals surface area contributed by atoms with Gasteiger partial charge in [-0.3, -0.25) is 0 Å². The maximum atomic E-state index is 12.5. The molecule has 1 saturated carbocycles. The Labute approximate surface area is 202 Å². The van der Waals surface area contributed by atoms with Crippen LogP contribution in [0.4, 0.5) is 11.8 Å². The van der Waals surface area contributed by atoms with Gasteiger partial charge in [0, 0.05) is 32.0 Å². The second kappa shape index (κ2) is 8.89. The maximum Gasteiger partial charge on any atom is 0.256 e. The van der Waals surface area contributed by atoms with Gasteiger partial charge in [-0.05, 0) is 32.8 Å². The average molecular weight is 498 g/mol. The summed E-state index contributed by atoms with van der Waals surface area (Å²) in [6.07, 6.45) is 5.81. The molecule has 0 unspecified atom stereocenters. The Balaban J connectivity index is 1.58. The van der Waals surface area contributed by atoms with Gasteiger partial charge in [0.2, 0.25) is 5.95 Å². The zero-order valence-electron chi connectivity index (χ0n) is 19.7. The fraction of sp³-hybridized carbons (Fsp3) is 0.409. The lowest BCUT2D eigenvalue weighted by molar-refractivity contribution is 0.210. The van der Waals surface area contributed by atoms with Gasteiger partial charge in [-0.2, -0.15) is 9.19 Å². The minimum Gasteiger partial charge on any atom is -0.384 e. The standard InChI is InChI=1S/C22H27N9O3S/c1-13(2)31-17-10-18(23)28-19(20(17)29-22(31)25-8-9-34-3)16-6-7-24-21(27-16)14-11-26-30(12-14)35(32,33)15-4-5-15/h6-7,10-13,15H,4-5,8-9H2,1-3H3,(H2,23,28)(H,25,29). The Morgan fingerprint density at radius 2 is 2.06 bits per heavy atom. The highest BCUT2D eigenvalue weighted by Crippen LogP contribution is 2.33. The topological polar surface area (TPSA) is 156 Å². The van der Waals surface area contributed by atoms with E-state index in [0.717, 1.165) is 9.60 Å². The summed E-state index contributed by atoms with van der Waals surface area (Å²) in [5, 5.41) is 6.98. The molecule has 1 aliphatic rings. The monoisotopic (exact) mass is 497 g/mol. The van der Waals surface area contributed by atoms with E-state index in [1.54, 1.807) is 25.4 Å². The van der Waals surface area contributed by atoms with Crippen LogP contribution in [0.1, 0.15) is 32.7 Å². The number of nitrogens with one attached hydrogen (secondary N) is 1. The predicted molar refractivity (Wildman–Crippen MR) is 132 cm³/mol. The zero-order valence-corrected chi connectivity index (χ0v) is 20.5. The fourth-order valence-electron chi connectivity index (χ4n) is 3.91. The van der Waals surface area contributed by atoms with Gasteiger partial charge in [0.05, 0.1) is 41.0 Å². The number of imidazole rings is 1. The number of rotatable bonds is 9. The van der Waals surface area contributed by atoms with Crippen LogP contribution in [-0.4, -0.2) is 67.6 Å². The Bertz CT molecular complexity index is 1490. The van der Waals surface area contributed by atoms with Crippen molar-refractivity contribution in [2.75, 3.05) is 31.3 Å². The highest BCUT2D eigenvalue weighted by molar-refractivity contribution is 7.90. The Morgan fingerprint density at radius 1 is 1.26 bits per heavy atom. The molecule has 4 aromatic heterocycles. The number of pyridine rings is 1. The van der Waals surface area contributed by atoms with Crippen molar-refractivity contribution in [3.05, 3.63) is 30.7 Å². The summed E-state index contributed by atoms with van der Waals surface area (Å²) in [4.78, 5) is 18.3. The molecule has 4 heterocycles. The summed E-state index contributed by atoms with van der Waals surface area (Å²) in [7, 11) is -1.83. The first-order chi connectivity index (χ1) is 16.8. The van der Waals surface area contributed by atoms with Gasteiger partial charge in [-0.15, -0.1) is 0 Å². The van der Waals surface area contributed by atoms with Crippen LogP contribution in [-0.2, 0) is 14.8 Å². The molecule has 0 saturated heterocycles. The lowest BCUT2D eigenvalue weighted by Gasteiger charge is -2.14. The summed E-state index contributed by atoms with van der Waals surface area (Å²) in [5.74, 6) is 1.35. The van der Waals surface area contributed by atoms with Crippen molar-refractivity contribution in [2.24, 2.45) is 0 Å². The minimum absolute atomic E-state index is 0.111. The van der Waals surface area contributed by atoms with Gasteiger partial charge in [0.25, 0.3) is 10.0 Å². The van der Waals surface area contributed by atoms with E-state index in [9.17, 15) is 8.42 Å². The Kier molecular flexibility index (Phi) is 5.89. The van der Waals surface area contributed by atoms with Crippen molar-refractivity contribution in [2.45, 2.75) is 38.0 Å². The molecule has 3 N–H and O–H groups in total. The van der Waals surface area contributed by atoms with Crippen molar-refractivity contribution >= 4 is 32.8 Å². The van der Waals surface area contributed by atoms with Crippen LogP contribution in [0.2, 0.25) is 0 Å². The molecule has 184 valence electrons. The molecule has 0 atom stereocenters. The number of anilines is 2. The van der Waals surface area contributed by atoms with E-state index in [4.69, 9.17) is 15.5 Å². The number of hydrogen-bond acceptors (Lipinski definition) is 10. The molecule has 0 radical (unpaired) electrons. The van der Waals surface area contributed by atoms with Crippen LogP contribution < -0.4 is 11.1 Å². The lowest BCUT2D eigenvalue weighted by Crippen LogP contribution is -2.17. The van der Waals surface area contributed by atoms with Crippen molar-refractivity contribution in [3.8, 4) is 22.8 Å². The molecule has 35 heavy (non-hydrogen) atoms. The van der Waals surface area contributed by atoms with Crippen LogP contribution in [0.5, 0.6) is 0 Å². The molecular weight excluding hydrogens is 470 g/mol. The molecule has 1 aliphatic carbocycles. The number of ether oxygens (including phenoxy) is 1. The van der Waals surface area contributed by atoms with Crippen molar-refractivity contribution in [3.63, 3.8) is 0 Å². The lowest BCUT2D eigenvalue weighted by atomic mass is 10.2. The van der Waals surface area contributed by atoms with Gasteiger partial charge in [0.1, 0.15) is 17.0 Å². The highest BCUT2D eigenvalue weighted by Gasteiger charge is 2.37. The Morgan fingerprint density at radius 3 is 2.77 bits per heavy atom. The van der Waals surface area contributed by atoms with Crippen molar-refractivity contribution < 1.29 is 13.2 Å². The molecule has 0 spiro atoms. The maximum absolute atomic E-state index is 12.5. The first-order valence-corrected chi connectivity index (χ1v) is 12.8. The molecule has 0 amide bonds. The largest absolute Gasteiger partial charge is 0.384 e. The molecule has 0 bridgehead atoms. The first-order valence-electron chi connectivity index (χ1n) is 11.3. The van der Waals surface area contributed by atoms with Gasteiger partial charge < -0.3 is 20.4 Å². The number of nitrogens with zero attached hydrogens (tertiary/aromatic N) is 7. The molecule has 4 aromatic rings. The van der Waals surface area contributed by atoms with Gasteiger partial charge in [0.15, 0.2) is 5.82 Å². The third-order valence-corrected chi connectivity index (χ3v) is 7.76. The fourth-order valence-corrected chi connectivity index (χ4v) is 5.39. The smallest absolute Gasteiger partial charge is 0.256 e.